The standard InChI is InChI=1S/C23H24FN3O5/c1-4-32-22(30)15-5-9-17(10-6-15)25-20(28)13-19-21(29)27(23(31)26(19)14(2)3)18-11-7-16(24)8-12-18/h5-12,14,19H,4,13H2,1-3H3,(H,25,28). The van der Waals surface area contributed by atoms with E-state index in [1.165, 1.54) is 29.2 Å². The highest BCUT2D eigenvalue weighted by Crippen LogP contribution is 2.29. The summed E-state index contributed by atoms with van der Waals surface area (Å²) in [4.78, 5) is 52.6. The average Bonchev–Trinajstić information content (AvgIpc) is 2.99. The van der Waals surface area contributed by atoms with Gasteiger partial charge in [0.05, 0.1) is 24.3 Å². The van der Waals surface area contributed by atoms with Crippen LogP contribution in [0, 0.1) is 5.82 Å². The van der Waals surface area contributed by atoms with Gasteiger partial charge in [-0.3, -0.25) is 9.59 Å². The van der Waals surface area contributed by atoms with Gasteiger partial charge < -0.3 is 15.0 Å². The van der Waals surface area contributed by atoms with Crippen LogP contribution in [-0.4, -0.2) is 47.4 Å². The molecule has 3 rings (SSSR count). The Hall–Kier alpha value is -3.75. The van der Waals surface area contributed by atoms with Crippen LogP contribution in [0.15, 0.2) is 48.5 Å². The molecule has 32 heavy (non-hydrogen) atoms. The minimum absolute atomic E-state index is 0.240. The number of carbonyl (C=O) groups excluding carboxylic acids is 4. The second-order valence-electron chi connectivity index (χ2n) is 7.50. The molecule has 1 atom stereocenters. The van der Waals surface area contributed by atoms with E-state index in [2.05, 4.69) is 5.32 Å². The topological polar surface area (TPSA) is 96.0 Å². The molecule has 1 fully saturated rings. The Bertz CT molecular complexity index is 1020. The smallest absolute Gasteiger partial charge is 0.338 e. The summed E-state index contributed by atoms with van der Waals surface area (Å²) < 4.78 is 18.2. The average molecular weight is 441 g/mol. The zero-order valence-corrected chi connectivity index (χ0v) is 18.0. The molecule has 0 aromatic heterocycles. The van der Waals surface area contributed by atoms with Crippen molar-refractivity contribution in [3.05, 3.63) is 59.9 Å². The molecule has 1 N–H and O–H groups in total. The Morgan fingerprint density at radius 3 is 2.25 bits per heavy atom. The molecule has 2 aromatic carbocycles. The number of carbonyl (C=O) groups is 4. The van der Waals surface area contributed by atoms with Crippen LogP contribution in [0.3, 0.4) is 0 Å². The fourth-order valence-electron chi connectivity index (χ4n) is 3.50. The third-order valence-electron chi connectivity index (χ3n) is 4.95. The van der Waals surface area contributed by atoms with Crippen molar-refractivity contribution >= 4 is 35.2 Å². The number of esters is 1. The van der Waals surface area contributed by atoms with Crippen molar-refractivity contribution in [3.8, 4) is 0 Å². The SMILES string of the molecule is CCOC(=O)c1ccc(NC(=O)CC2C(=O)N(c3ccc(F)cc3)C(=O)N2C(C)C)cc1. The molecule has 0 radical (unpaired) electrons. The molecule has 0 aliphatic carbocycles. The first-order valence-corrected chi connectivity index (χ1v) is 10.2. The molecule has 1 saturated heterocycles. The van der Waals surface area contributed by atoms with Crippen molar-refractivity contribution in [2.24, 2.45) is 0 Å². The maximum atomic E-state index is 13.3. The molecule has 1 aliphatic rings. The number of benzene rings is 2. The molecule has 0 spiro atoms. The zero-order chi connectivity index (χ0) is 23.4. The minimum atomic E-state index is -0.994. The molecule has 8 nitrogen and oxygen atoms in total. The molecule has 2 aromatic rings. The van der Waals surface area contributed by atoms with E-state index in [1.54, 1.807) is 32.9 Å². The predicted molar refractivity (Wildman–Crippen MR) is 116 cm³/mol. The van der Waals surface area contributed by atoms with Crippen LogP contribution in [0.1, 0.15) is 37.6 Å². The van der Waals surface area contributed by atoms with E-state index >= 15 is 0 Å². The molecule has 0 saturated carbocycles. The first-order chi connectivity index (χ1) is 15.2. The maximum Gasteiger partial charge on any atom is 0.338 e. The van der Waals surface area contributed by atoms with E-state index < -0.39 is 35.7 Å². The Labute approximate surface area is 184 Å². The van der Waals surface area contributed by atoms with Gasteiger partial charge in [-0.2, -0.15) is 0 Å². The number of nitrogens with zero attached hydrogens (tertiary/aromatic N) is 2. The van der Waals surface area contributed by atoms with Gasteiger partial charge in [0.15, 0.2) is 0 Å². The molecule has 1 heterocycles. The second-order valence-corrected chi connectivity index (χ2v) is 7.50. The van der Waals surface area contributed by atoms with Gasteiger partial charge in [0.2, 0.25) is 5.91 Å². The van der Waals surface area contributed by atoms with Crippen LogP contribution < -0.4 is 10.2 Å². The molecular weight excluding hydrogens is 417 g/mol. The number of rotatable bonds is 7. The van der Waals surface area contributed by atoms with Crippen LogP contribution in [0.25, 0.3) is 0 Å². The number of imide groups is 1. The monoisotopic (exact) mass is 441 g/mol. The molecule has 1 unspecified atom stereocenters. The summed E-state index contributed by atoms with van der Waals surface area (Å²) in [5.41, 5.74) is 1.03. The van der Waals surface area contributed by atoms with Crippen molar-refractivity contribution in [1.82, 2.24) is 4.90 Å². The lowest BCUT2D eigenvalue weighted by Gasteiger charge is -2.25. The number of hydrogen-bond donors (Lipinski definition) is 1. The number of ether oxygens (including phenoxy) is 1. The summed E-state index contributed by atoms with van der Waals surface area (Å²) in [6, 6.07) is 9.27. The Kier molecular flexibility index (Phi) is 6.87. The zero-order valence-electron chi connectivity index (χ0n) is 18.0. The number of amides is 4. The Balaban J connectivity index is 1.73. The van der Waals surface area contributed by atoms with E-state index in [-0.39, 0.29) is 24.8 Å². The van der Waals surface area contributed by atoms with Crippen LogP contribution >= 0.6 is 0 Å². The number of halogens is 1. The van der Waals surface area contributed by atoms with Crippen molar-refractivity contribution in [1.29, 1.82) is 0 Å². The van der Waals surface area contributed by atoms with E-state index in [0.717, 1.165) is 17.0 Å². The molecule has 0 bridgehead atoms. The van der Waals surface area contributed by atoms with Crippen molar-refractivity contribution in [2.75, 3.05) is 16.8 Å². The van der Waals surface area contributed by atoms with Gasteiger partial charge in [-0.05, 0) is 69.3 Å². The van der Waals surface area contributed by atoms with Crippen molar-refractivity contribution in [2.45, 2.75) is 39.3 Å². The van der Waals surface area contributed by atoms with Crippen LogP contribution in [-0.2, 0) is 14.3 Å². The van der Waals surface area contributed by atoms with Gasteiger partial charge in [-0.15, -0.1) is 0 Å². The summed E-state index contributed by atoms with van der Waals surface area (Å²) in [5.74, 6) is -1.97. The van der Waals surface area contributed by atoms with Gasteiger partial charge in [0, 0.05) is 11.7 Å². The van der Waals surface area contributed by atoms with E-state index in [0.29, 0.717) is 11.3 Å². The Morgan fingerprint density at radius 1 is 1.06 bits per heavy atom. The van der Waals surface area contributed by atoms with Crippen LogP contribution in [0.2, 0.25) is 0 Å². The van der Waals surface area contributed by atoms with Crippen molar-refractivity contribution < 1.29 is 28.3 Å². The number of urea groups is 1. The quantitative estimate of drug-likeness (QED) is 0.523. The number of hydrogen-bond acceptors (Lipinski definition) is 5. The van der Waals surface area contributed by atoms with Gasteiger partial charge in [-0.1, -0.05) is 0 Å². The summed E-state index contributed by atoms with van der Waals surface area (Å²) in [6.07, 6.45) is -0.250. The first-order valence-electron chi connectivity index (χ1n) is 10.2. The van der Waals surface area contributed by atoms with Crippen LogP contribution in [0.5, 0.6) is 0 Å². The van der Waals surface area contributed by atoms with E-state index in [9.17, 15) is 23.6 Å². The molecule has 168 valence electrons. The summed E-state index contributed by atoms with van der Waals surface area (Å²) in [7, 11) is 0. The lowest BCUT2D eigenvalue weighted by atomic mass is 10.1. The normalized spacial score (nSPS) is 16.0. The fourth-order valence-corrected chi connectivity index (χ4v) is 3.50. The second kappa shape index (κ2) is 9.59. The fraction of sp³-hybridized carbons (Fsp3) is 0.304. The van der Waals surface area contributed by atoms with Crippen molar-refractivity contribution in [3.63, 3.8) is 0 Å². The minimum Gasteiger partial charge on any atom is -0.462 e. The van der Waals surface area contributed by atoms with Gasteiger partial charge in [0.25, 0.3) is 5.91 Å². The lowest BCUT2D eigenvalue weighted by Crippen LogP contribution is -2.42. The Morgan fingerprint density at radius 2 is 1.69 bits per heavy atom. The maximum absolute atomic E-state index is 13.3. The molecule has 9 heteroatoms. The van der Waals surface area contributed by atoms with Gasteiger partial charge in [0.1, 0.15) is 11.9 Å². The summed E-state index contributed by atoms with van der Waals surface area (Å²) in [5, 5.41) is 2.67. The third kappa shape index (κ3) is 4.77. The van der Waals surface area contributed by atoms with E-state index in [4.69, 9.17) is 4.74 Å². The largest absolute Gasteiger partial charge is 0.462 e. The summed E-state index contributed by atoms with van der Waals surface area (Å²) in [6.45, 7) is 5.46. The molecule has 1 aliphatic heterocycles. The number of nitrogens with one attached hydrogen (secondary N) is 1. The summed E-state index contributed by atoms with van der Waals surface area (Å²) >= 11 is 0. The molecular formula is C23H24FN3O5. The lowest BCUT2D eigenvalue weighted by molar-refractivity contribution is -0.124. The highest BCUT2D eigenvalue weighted by Gasteiger charge is 2.47. The van der Waals surface area contributed by atoms with Crippen LogP contribution in [0.4, 0.5) is 20.6 Å². The third-order valence-corrected chi connectivity index (χ3v) is 4.95. The highest BCUT2D eigenvalue weighted by atomic mass is 19.1. The molecule has 4 amide bonds. The van der Waals surface area contributed by atoms with E-state index in [1.807, 2.05) is 0 Å². The number of anilines is 2. The first kappa shape index (κ1) is 22.9. The predicted octanol–water partition coefficient (Wildman–Crippen LogP) is 3.58. The van der Waals surface area contributed by atoms with Gasteiger partial charge >= 0.3 is 12.0 Å². The highest BCUT2D eigenvalue weighted by molar-refractivity contribution is 6.22. The van der Waals surface area contributed by atoms with Gasteiger partial charge in [-0.25, -0.2) is 18.9 Å².